The molecule has 21 heavy (non-hydrogen) atoms. The molecule has 1 heterocycles. The third-order valence-corrected chi connectivity index (χ3v) is 4.30. The van der Waals surface area contributed by atoms with Gasteiger partial charge in [0, 0.05) is 28.8 Å². The van der Waals surface area contributed by atoms with Crippen molar-refractivity contribution in [2.45, 2.75) is 31.8 Å². The number of anilines is 1. The van der Waals surface area contributed by atoms with Crippen LogP contribution in [0.15, 0.2) is 22.7 Å². The molecule has 7 heteroatoms. The van der Waals surface area contributed by atoms with Gasteiger partial charge in [-0.05, 0) is 45.0 Å². The summed E-state index contributed by atoms with van der Waals surface area (Å²) in [6.07, 6.45) is 1.97. The highest BCUT2D eigenvalue weighted by molar-refractivity contribution is 9.10. The maximum absolute atomic E-state index is 12.2. The second kappa shape index (κ2) is 8.83. The average molecular weight is 399 g/mol. The van der Waals surface area contributed by atoms with Crippen molar-refractivity contribution >= 4 is 52.3 Å². The van der Waals surface area contributed by atoms with Crippen molar-refractivity contribution in [1.82, 2.24) is 10.2 Å². The van der Waals surface area contributed by atoms with E-state index in [-0.39, 0.29) is 36.8 Å². The normalized spacial score (nSPS) is 21.9. The number of nitrogens with two attached hydrogens (primary N) is 1. The number of carbonyl (C=O) groups is 1. The Bertz CT molecular complexity index is 487. The molecule has 1 aromatic carbocycles. The minimum absolute atomic E-state index is 0. The Hall–Kier alpha value is -0.490. The van der Waals surface area contributed by atoms with Crippen molar-refractivity contribution in [3.05, 3.63) is 28.2 Å². The van der Waals surface area contributed by atoms with E-state index in [1.807, 2.05) is 6.07 Å². The fourth-order valence-corrected chi connectivity index (χ4v) is 2.80. The number of halogens is 3. The highest BCUT2D eigenvalue weighted by Gasteiger charge is 2.24. The monoisotopic (exact) mass is 397 g/mol. The molecule has 0 bridgehead atoms. The molecule has 0 radical (unpaired) electrons. The maximum Gasteiger partial charge on any atom is 0.253 e. The maximum atomic E-state index is 12.2. The molecule has 0 spiro atoms. The number of hydrogen-bond acceptors (Lipinski definition) is 3. The van der Waals surface area contributed by atoms with Gasteiger partial charge in [0.05, 0.1) is 5.56 Å². The largest absolute Gasteiger partial charge is 0.398 e. The molecule has 1 fully saturated rings. The molecule has 3 N–H and O–H groups in total. The van der Waals surface area contributed by atoms with E-state index < -0.39 is 0 Å². The average Bonchev–Trinajstić information content (AvgIpc) is 2.33. The van der Waals surface area contributed by atoms with Crippen LogP contribution in [-0.2, 0) is 0 Å². The zero-order valence-corrected chi connectivity index (χ0v) is 15.4. The quantitative estimate of drug-likeness (QED) is 0.752. The molecule has 2 atom stereocenters. The van der Waals surface area contributed by atoms with E-state index in [0.29, 0.717) is 17.3 Å². The van der Waals surface area contributed by atoms with Gasteiger partial charge >= 0.3 is 0 Å². The Labute approximate surface area is 146 Å². The standard InChI is InChI=1S/C14H20BrN3O.2ClH/c1-9-7-11(5-6-18(9)2)17-14(19)12-4-3-10(15)8-13(12)16;;/h3-4,8-9,11H,5-7,16H2,1-2H3,(H,17,19);2*1H. The van der Waals surface area contributed by atoms with E-state index in [2.05, 4.69) is 40.1 Å². The minimum atomic E-state index is -0.0771. The number of carbonyl (C=O) groups excluding carboxylic acids is 1. The van der Waals surface area contributed by atoms with Crippen LogP contribution < -0.4 is 11.1 Å². The minimum Gasteiger partial charge on any atom is -0.398 e. The second-order valence-electron chi connectivity index (χ2n) is 5.26. The first-order valence-corrected chi connectivity index (χ1v) is 7.33. The summed E-state index contributed by atoms with van der Waals surface area (Å²) in [5.74, 6) is -0.0771. The predicted octanol–water partition coefficient (Wildman–Crippen LogP) is 3.09. The van der Waals surface area contributed by atoms with Gasteiger partial charge in [0.15, 0.2) is 0 Å². The number of nitrogens with zero attached hydrogens (tertiary/aromatic N) is 1. The number of amides is 1. The molecule has 120 valence electrons. The van der Waals surface area contributed by atoms with Crippen molar-refractivity contribution in [3.8, 4) is 0 Å². The molecule has 1 aliphatic rings. The molecular weight excluding hydrogens is 377 g/mol. The lowest BCUT2D eigenvalue weighted by Gasteiger charge is -2.35. The number of piperidine rings is 1. The van der Waals surface area contributed by atoms with Crippen molar-refractivity contribution in [2.24, 2.45) is 0 Å². The van der Waals surface area contributed by atoms with Gasteiger partial charge in [-0.2, -0.15) is 0 Å². The Kier molecular flexibility index (Phi) is 8.63. The van der Waals surface area contributed by atoms with Gasteiger partial charge in [-0.3, -0.25) is 4.79 Å². The molecular formula is C14H22BrCl2N3O. The van der Waals surface area contributed by atoms with Gasteiger partial charge in [-0.15, -0.1) is 24.8 Å². The van der Waals surface area contributed by atoms with Gasteiger partial charge in [-0.1, -0.05) is 15.9 Å². The van der Waals surface area contributed by atoms with Gasteiger partial charge in [0.1, 0.15) is 0 Å². The fraction of sp³-hybridized carbons (Fsp3) is 0.500. The Morgan fingerprint density at radius 3 is 2.67 bits per heavy atom. The van der Waals surface area contributed by atoms with Gasteiger partial charge in [-0.25, -0.2) is 0 Å². The third-order valence-electron chi connectivity index (χ3n) is 3.80. The lowest BCUT2D eigenvalue weighted by atomic mass is 9.98. The first-order valence-electron chi connectivity index (χ1n) is 6.53. The van der Waals surface area contributed by atoms with Crippen LogP contribution in [0.4, 0.5) is 5.69 Å². The summed E-state index contributed by atoms with van der Waals surface area (Å²) in [5.41, 5.74) is 6.94. The molecule has 4 nitrogen and oxygen atoms in total. The summed E-state index contributed by atoms with van der Waals surface area (Å²) in [4.78, 5) is 14.5. The Balaban J connectivity index is 0.00000200. The van der Waals surface area contributed by atoms with Crippen LogP contribution in [0, 0.1) is 0 Å². The molecule has 0 aromatic heterocycles. The SMILES string of the molecule is CC1CC(NC(=O)c2ccc(Br)cc2N)CCN1C.Cl.Cl. The smallest absolute Gasteiger partial charge is 0.253 e. The van der Waals surface area contributed by atoms with E-state index in [1.54, 1.807) is 12.1 Å². The predicted molar refractivity (Wildman–Crippen MR) is 95.6 cm³/mol. The van der Waals surface area contributed by atoms with Crippen LogP contribution in [0.5, 0.6) is 0 Å². The summed E-state index contributed by atoms with van der Waals surface area (Å²) < 4.78 is 0.884. The van der Waals surface area contributed by atoms with E-state index in [1.165, 1.54) is 0 Å². The summed E-state index contributed by atoms with van der Waals surface area (Å²) in [5, 5.41) is 3.09. The molecule has 1 aromatic rings. The number of benzene rings is 1. The first-order chi connectivity index (χ1) is 8.97. The molecule has 0 aliphatic carbocycles. The molecule has 1 amide bonds. The fourth-order valence-electron chi connectivity index (χ4n) is 2.42. The van der Waals surface area contributed by atoms with Crippen molar-refractivity contribution in [3.63, 3.8) is 0 Å². The Morgan fingerprint density at radius 2 is 2.10 bits per heavy atom. The van der Waals surface area contributed by atoms with Gasteiger partial charge in [0.2, 0.25) is 0 Å². The number of nitrogen functional groups attached to an aromatic ring is 1. The lowest BCUT2D eigenvalue weighted by molar-refractivity contribution is 0.0897. The first kappa shape index (κ1) is 20.5. The van der Waals surface area contributed by atoms with Crippen LogP contribution in [0.3, 0.4) is 0 Å². The number of likely N-dealkylation sites (tertiary alicyclic amines) is 1. The molecule has 1 aliphatic heterocycles. The van der Waals surface area contributed by atoms with Crippen LogP contribution in [0.25, 0.3) is 0 Å². The van der Waals surface area contributed by atoms with Crippen molar-refractivity contribution in [2.75, 3.05) is 19.3 Å². The zero-order valence-electron chi connectivity index (χ0n) is 12.1. The van der Waals surface area contributed by atoms with E-state index in [0.717, 1.165) is 23.9 Å². The van der Waals surface area contributed by atoms with E-state index in [4.69, 9.17) is 5.73 Å². The van der Waals surface area contributed by atoms with Crippen LogP contribution in [-0.4, -0.2) is 36.5 Å². The molecule has 0 saturated carbocycles. The Morgan fingerprint density at radius 1 is 1.43 bits per heavy atom. The van der Waals surface area contributed by atoms with Crippen molar-refractivity contribution in [1.29, 1.82) is 0 Å². The van der Waals surface area contributed by atoms with Crippen LogP contribution >= 0.6 is 40.7 Å². The highest BCUT2D eigenvalue weighted by atomic mass is 79.9. The van der Waals surface area contributed by atoms with E-state index >= 15 is 0 Å². The number of rotatable bonds is 2. The van der Waals surface area contributed by atoms with Crippen LogP contribution in [0.1, 0.15) is 30.1 Å². The van der Waals surface area contributed by atoms with Gasteiger partial charge in [0.25, 0.3) is 5.91 Å². The summed E-state index contributed by atoms with van der Waals surface area (Å²) >= 11 is 3.34. The summed E-state index contributed by atoms with van der Waals surface area (Å²) in [6.45, 7) is 3.20. The summed E-state index contributed by atoms with van der Waals surface area (Å²) in [6, 6.07) is 6.09. The number of hydrogen-bond donors (Lipinski definition) is 2. The third kappa shape index (κ3) is 5.33. The molecule has 2 unspecified atom stereocenters. The van der Waals surface area contributed by atoms with Crippen LogP contribution in [0.2, 0.25) is 0 Å². The molecule has 1 saturated heterocycles. The number of nitrogens with one attached hydrogen (secondary N) is 1. The zero-order chi connectivity index (χ0) is 14.0. The molecule has 2 rings (SSSR count). The van der Waals surface area contributed by atoms with Gasteiger partial charge < -0.3 is 16.0 Å². The highest BCUT2D eigenvalue weighted by Crippen LogP contribution is 2.20. The second-order valence-corrected chi connectivity index (χ2v) is 6.17. The van der Waals surface area contributed by atoms with Crippen molar-refractivity contribution < 1.29 is 4.79 Å². The lowest BCUT2D eigenvalue weighted by Crippen LogP contribution is -2.47. The summed E-state index contributed by atoms with van der Waals surface area (Å²) in [7, 11) is 2.12. The van der Waals surface area contributed by atoms with E-state index in [9.17, 15) is 4.79 Å². The topological polar surface area (TPSA) is 58.4 Å².